The molecule has 0 aliphatic heterocycles. The average molecular weight is 188 g/mol. The molecule has 1 aromatic carbocycles. The lowest BCUT2D eigenvalue weighted by atomic mass is 10.1. The summed E-state index contributed by atoms with van der Waals surface area (Å²) in [6.07, 6.45) is 1.84. The topological polar surface area (TPSA) is 38.1 Å². The predicted molar refractivity (Wildman–Crippen MR) is 55.0 cm³/mol. The smallest absolute Gasteiger partial charge is 0.115 e. The van der Waals surface area contributed by atoms with Crippen molar-refractivity contribution in [1.82, 2.24) is 9.55 Å². The third-order valence-corrected chi connectivity index (χ3v) is 2.38. The van der Waals surface area contributed by atoms with Crippen molar-refractivity contribution in [2.24, 2.45) is 7.05 Å². The third kappa shape index (κ3) is 1.37. The first kappa shape index (κ1) is 8.81. The molecule has 1 heterocycles. The highest BCUT2D eigenvalue weighted by molar-refractivity contribution is 5.60. The highest BCUT2D eigenvalue weighted by Crippen LogP contribution is 2.21. The molecule has 0 amide bonds. The zero-order chi connectivity index (χ0) is 10.1. The van der Waals surface area contributed by atoms with Crippen LogP contribution >= 0.6 is 0 Å². The molecule has 0 spiro atoms. The standard InChI is InChI=1S/C11H12N2O/c1-8-12-7-11(13(8)2)9-3-5-10(14)6-4-9/h3-7,14H,1-2H3. The lowest BCUT2D eigenvalue weighted by Crippen LogP contribution is -1.93. The van der Waals surface area contributed by atoms with Crippen LogP contribution in [0, 0.1) is 6.92 Å². The molecule has 0 radical (unpaired) electrons. The molecule has 0 fully saturated rings. The van der Waals surface area contributed by atoms with E-state index >= 15 is 0 Å². The summed E-state index contributed by atoms with van der Waals surface area (Å²) in [6, 6.07) is 7.12. The van der Waals surface area contributed by atoms with Crippen molar-refractivity contribution in [3.05, 3.63) is 36.3 Å². The van der Waals surface area contributed by atoms with Crippen LogP contribution in [0.25, 0.3) is 11.3 Å². The van der Waals surface area contributed by atoms with E-state index in [-0.39, 0.29) is 5.75 Å². The SMILES string of the molecule is Cc1ncc(-c2ccc(O)cc2)n1C. The second kappa shape index (κ2) is 3.18. The van der Waals surface area contributed by atoms with Gasteiger partial charge in [-0.25, -0.2) is 4.98 Å². The van der Waals surface area contributed by atoms with Crippen LogP contribution in [0.2, 0.25) is 0 Å². The number of imidazole rings is 1. The lowest BCUT2D eigenvalue weighted by Gasteiger charge is -2.03. The number of hydrogen-bond donors (Lipinski definition) is 1. The fourth-order valence-electron chi connectivity index (χ4n) is 1.40. The van der Waals surface area contributed by atoms with Gasteiger partial charge in [0.15, 0.2) is 0 Å². The van der Waals surface area contributed by atoms with E-state index in [0.717, 1.165) is 17.1 Å². The summed E-state index contributed by atoms with van der Waals surface area (Å²) in [5, 5.41) is 9.16. The van der Waals surface area contributed by atoms with Crippen molar-refractivity contribution < 1.29 is 5.11 Å². The summed E-state index contributed by atoms with van der Waals surface area (Å²) in [6.45, 7) is 1.96. The van der Waals surface area contributed by atoms with E-state index in [4.69, 9.17) is 5.11 Å². The molecular formula is C11H12N2O. The predicted octanol–water partition coefficient (Wildman–Crippen LogP) is 2.10. The maximum atomic E-state index is 9.16. The first-order valence-electron chi connectivity index (χ1n) is 4.46. The van der Waals surface area contributed by atoms with E-state index in [9.17, 15) is 0 Å². The molecule has 0 aliphatic carbocycles. The normalized spacial score (nSPS) is 10.4. The number of benzene rings is 1. The van der Waals surface area contributed by atoms with E-state index in [1.807, 2.05) is 36.9 Å². The Morgan fingerprint density at radius 1 is 1.21 bits per heavy atom. The summed E-state index contributed by atoms with van der Waals surface area (Å²) in [5.41, 5.74) is 2.12. The molecule has 2 aromatic rings. The number of rotatable bonds is 1. The molecule has 72 valence electrons. The van der Waals surface area contributed by atoms with Crippen molar-refractivity contribution in [3.63, 3.8) is 0 Å². The van der Waals surface area contributed by atoms with Crippen LogP contribution in [-0.2, 0) is 7.05 Å². The van der Waals surface area contributed by atoms with Crippen molar-refractivity contribution >= 4 is 0 Å². The number of aryl methyl sites for hydroxylation is 1. The molecule has 0 bridgehead atoms. The fourth-order valence-corrected chi connectivity index (χ4v) is 1.40. The zero-order valence-electron chi connectivity index (χ0n) is 8.23. The van der Waals surface area contributed by atoms with Crippen molar-refractivity contribution in [1.29, 1.82) is 0 Å². The Morgan fingerprint density at radius 2 is 1.86 bits per heavy atom. The molecule has 3 nitrogen and oxygen atoms in total. The van der Waals surface area contributed by atoms with Gasteiger partial charge in [0, 0.05) is 12.6 Å². The first-order valence-corrected chi connectivity index (χ1v) is 4.46. The average Bonchev–Trinajstić information content (AvgIpc) is 2.50. The van der Waals surface area contributed by atoms with E-state index < -0.39 is 0 Å². The Labute approximate surface area is 82.7 Å². The van der Waals surface area contributed by atoms with Crippen LogP contribution in [0.3, 0.4) is 0 Å². The molecule has 2 rings (SSSR count). The van der Waals surface area contributed by atoms with Crippen molar-refractivity contribution in [3.8, 4) is 17.0 Å². The van der Waals surface area contributed by atoms with Crippen LogP contribution in [0.4, 0.5) is 0 Å². The Bertz CT molecular complexity index is 443. The lowest BCUT2D eigenvalue weighted by molar-refractivity contribution is 0.475. The highest BCUT2D eigenvalue weighted by Gasteiger charge is 2.04. The molecular weight excluding hydrogens is 176 g/mol. The Morgan fingerprint density at radius 3 is 2.36 bits per heavy atom. The first-order chi connectivity index (χ1) is 6.68. The second-order valence-corrected chi connectivity index (χ2v) is 3.30. The van der Waals surface area contributed by atoms with Crippen LogP contribution in [0.1, 0.15) is 5.82 Å². The molecule has 0 saturated heterocycles. The van der Waals surface area contributed by atoms with Gasteiger partial charge in [-0.1, -0.05) is 0 Å². The molecule has 1 N–H and O–H groups in total. The molecule has 0 aliphatic rings. The molecule has 14 heavy (non-hydrogen) atoms. The Balaban J connectivity index is 2.49. The molecule has 3 heteroatoms. The Hall–Kier alpha value is -1.77. The van der Waals surface area contributed by atoms with Crippen LogP contribution in [0.5, 0.6) is 5.75 Å². The number of aromatic nitrogens is 2. The zero-order valence-corrected chi connectivity index (χ0v) is 8.23. The van der Waals surface area contributed by atoms with Gasteiger partial charge in [-0.05, 0) is 31.2 Å². The number of nitrogens with zero attached hydrogens (tertiary/aromatic N) is 2. The Kier molecular flexibility index (Phi) is 2.00. The highest BCUT2D eigenvalue weighted by atomic mass is 16.3. The monoisotopic (exact) mass is 188 g/mol. The molecule has 1 aromatic heterocycles. The number of phenolic OH excluding ortho intramolecular Hbond substituents is 1. The summed E-state index contributed by atoms with van der Waals surface area (Å²) in [4.78, 5) is 4.22. The van der Waals surface area contributed by atoms with E-state index in [2.05, 4.69) is 4.98 Å². The van der Waals surface area contributed by atoms with Crippen molar-refractivity contribution in [2.75, 3.05) is 0 Å². The van der Waals surface area contributed by atoms with E-state index in [1.165, 1.54) is 0 Å². The minimum atomic E-state index is 0.285. The fraction of sp³-hybridized carbons (Fsp3) is 0.182. The van der Waals surface area contributed by atoms with Gasteiger partial charge >= 0.3 is 0 Å². The van der Waals surface area contributed by atoms with E-state index in [1.54, 1.807) is 12.1 Å². The van der Waals surface area contributed by atoms with Gasteiger partial charge < -0.3 is 9.67 Å². The van der Waals surface area contributed by atoms with Crippen LogP contribution < -0.4 is 0 Å². The molecule has 0 atom stereocenters. The van der Waals surface area contributed by atoms with Crippen LogP contribution in [0.15, 0.2) is 30.5 Å². The van der Waals surface area contributed by atoms with Gasteiger partial charge in [0.05, 0.1) is 11.9 Å². The maximum absolute atomic E-state index is 9.16. The summed E-state index contributed by atoms with van der Waals surface area (Å²) in [7, 11) is 1.98. The number of hydrogen-bond acceptors (Lipinski definition) is 2. The van der Waals surface area contributed by atoms with E-state index in [0.29, 0.717) is 0 Å². The van der Waals surface area contributed by atoms with Crippen molar-refractivity contribution in [2.45, 2.75) is 6.92 Å². The van der Waals surface area contributed by atoms with Crippen LogP contribution in [-0.4, -0.2) is 14.7 Å². The van der Waals surface area contributed by atoms with Gasteiger partial charge in [-0.3, -0.25) is 0 Å². The van der Waals surface area contributed by atoms with Gasteiger partial charge in [-0.15, -0.1) is 0 Å². The van der Waals surface area contributed by atoms with Gasteiger partial charge in [0.25, 0.3) is 0 Å². The number of phenols is 1. The molecule has 0 unspecified atom stereocenters. The summed E-state index contributed by atoms with van der Waals surface area (Å²) < 4.78 is 2.02. The minimum Gasteiger partial charge on any atom is -0.508 e. The summed E-state index contributed by atoms with van der Waals surface area (Å²) in [5.74, 6) is 1.26. The van der Waals surface area contributed by atoms with Gasteiger partial charge in [-0.2, -0.15) is 0 Å². The van der Waals surface area contributed by atoms with Gasteiger partial charge in [0.2, 0.25) is 0 Å². The minimum absolute atomic E-state index is 0.285. The molecule has 0 saturated carbocycles. The van der Waals surface area contributed by atoms with Gasteiger partial charge in [0.1, 0.15) is 11.6 Å². The second-order valence-electron chi connectivity index (χ2n) is 3.30. The maximum Gasteiger partial charge on any atom is 0.115 e. The number of aromatic hydroxyl groups is 1. The largest absolute Gasteiger partial charge is 0.508 e. The quantitative estimate of drug-likeness (QED) is 0.744. The summed E-state index contributed by atoms with van der Waals surface area (Å²) >= 11 is 0. The third-order valence-electron chi connectivity index (χ3n) is 2.38.